The quantitative estimate of drug-likeness (QED) is 0.888. The second kappa shape index (κ2) is 7.01. The monoisotopic (exact) mass is 333 g/mol. The van der Waals surface area contributed by atoms with Gasteiger partial charge in [-0.05, 0) is 45.1 Å². The molecule has 0 amide bonds. The number of aromatic amines is 1. The summed E-state index contributed by atoms with van der Waals surface area (Å²) in [5, 5.41) is 10.7. The Bertz CT molecular complexity index is 774. The van der Waals surface area contributed by atoms with Gasteiger partial charge in [-0.1, -0.05) is 6.07 Å². The molecular weight excluding hydrogens is 309 g/mol. The predicted octanol–water partition coefficient (Wildman–Crippen LogP) is 1.41. The normalized spacial score (nSPS) is 22.4. The molecule has 1 saturated heterocycles. The highest BCUT2D eigenvalue weighted by atomic mass is 19.1. The van der Waals surface area contributed by atoms with Crippen LogP contribution >= 0.6 is 0 Å². The van der Waals surface area contributed by atoms with Gasteiger partial charge in [0.2, 0.25) is 0 Å². The molecule has 0 unspecified atom stereocenters. The van der Waals surface area contributed by atoms with Gasteiger partial charge in [0.25, 0.3) is 0 Å². The molecule has 2 atom stereocenters. The van der Waals surface area contributed by atoms with Crippen LogP contribution in [0.2, 0.25) is 0 Å². The largest absolute Gasteiger partial charge is 0.391 e. The van der Waals surface area contributed by atoms with Gasteiger partial charge >= 0.3 is 0 Å². The molecule has 0 bridgehead atoms. The standard InChI is InChI=1S/C18H24FN3O2/c1-21(2)9-12-6-7-22(11-17(12)24)10-13-8-16(23)14-4-3-5-15(19)18(14)20-13/h3-5,8,12,17,24H,6-7,9-11H2,1-2H3,(H,20,23)/t12-,17+/m0/s1. The summed E-state index contributed by atoms with van der Waals surface area (Å²) in [5.41, 5.74) is 0.750. The number of piperidine rings is 1. The number of pyridine rings is 1. The minimum atomic E-state index is -0.420. The molecule has 1 aliphatic rings. The van der Waals surface area contributed by atoms with Gasteiger partial charge in [0.15, 0.2) is 5.43 Å². The van der Waals surface area contributed by atoms with E-state index in [4.69, 9.17) is 0 Å². The molecule has 2 aromatic rings. The van der Waals surface area contributed by atoms with Gasteiger partial charge in [0.05, 0.1) is 11.6 Å². The smallest absolute Gasteiger partial charge is 0.189 e. The molecule has 0 aliphatic carbocycles. The zero-order chi connectivity index (χ0) is 17.3. The van der Waals surface area contributed by atoms with Crippen molar-refractivity contribution in [2.75, 3.05) is 33.7 Å². The number of para-hydroxylation sites is 1. The Morgan fingerprint density at radius 1 is 1.42 bits per heavy atom. The molecular formula is C18H24FN3O2. The van der Waals surface area contributed by atoms with Crippen LogP contribution in [0, 0.1) is 11.7 Å². The lowest BCUT2D eigenvalue weighted by molar-refractivity contribution is 0.00876. The maximum atomic E-state index is 13.9. The van der Waals surface area contributed by atoms with E-state index in [9.17, 15) is 14.3 Å². The summed E-state index contributed by atoms with van der Waals surface area (Å²) in [7, 11) is 4.01. The molecule has 0 spiro atoms. The van der Waals surface area contributed by atoms with Crippen LogP contribution in [-0.2, 0) is 6.54 Å². The average molecular weight is 333 g/mol. The lowest BCUT2D eigenvalue weighted by Gasteiger charge is -2.37. The number of halogens is 1. The van der Waals surface area contributed by atoms with Crippen molar-refractivity contribution in [3.8, 4) is 0 Å². The van der Waals surface area contributed by atoms with Crippen molar-refractivity contribution >= 4 is 10.9 Å². The van der Waals surface area contributed by atoms with Gasteiger partial charge in [-0.3, -0.25) is 9.69 Å². The number of aliphatic hydroxyl groups excluding tert-OH is 1. The van der Waals surface area contributed by atoms with E-state index in [1.807, 2.05) is 14.1 Å². The molecule has 5 nitrogen and oxygen atoms in total. The minimum absolute atomic E-state index is 0.179. The fourth-order valence-corrected chi connectivity index (χ4v) is 3.49. The summed E-state index contributed by atoms with van der Waals surface area (Å²) in [6, 6.07) is 6.04. The van der Waals surface area contributed by atoms with E-state index in [-0.39, 0.29) is 23.0 Å². The van der Waals surface area contributed by atoms with Gasteiger partial charge in [0, 0.05) is 36.8 Å². The first-order valence-electron chi connectivity index (χ1n) is 8.29. The molecule has 24 heavy (non-hydrogen) atoms. The van der Waals surface area contributed by atoms with Gasteiger partial charge in [-0.15, -0.1) is 0 Å². The summed E-state index contributed by atoms with van der Waals surface area (Å²) in [6.07, 6.45) is 0.524. The van der Waals surface area contributed by atoms with Crippen LogP contribution < -0.4 is 5.43 Å². The number of fused-ring (bicyclic) bond motifs is 1. The van der Waals surface area contributed by atoms with Gasteiger partial charge in [0.1, 0.15) is 5.82 Å². The van der Waals surface area contributed by atoms with Crippen LogP contribution in [0.25, 0.3) is 10.9 Å². The van der Waals surface area contributed by atoms with Gasteiger partial charge in [-0.2, -0.15) is 0 Å². The van der Waals surface area contributed by atoms with Crippen molar-refractivity contribution in [3.63, 3.8) is 0 Å². The van der Waals surface area contributed by atoms with Crippen molar-refractivity contribution in [2.24, 2.45) is 5.92 Å². The highest BCUT2D eigenvalue weighted by Crippen LogP contribution is 2.20. The molecule has 1 aromatic heterocycles. The number of rotatable bonds is 4. The number of nitrogens with zero attached hydrogens (tertiary/aromatic N) is 2. The van der Waals surface area contributed by atoms with Crippen molar-refractivity contribution in [1.29, 1.82) is 0 Å². The molecule has 6 heteroatoms. The predicted molar refractivity (Wildman–Crippen MR) is 92.5 cm³/mol. The number of nitrogens with one attached hydrogen (secondary N) is 1. The number of likely N-dealkylation sites (tertiary alicyclic amines) is 1. The topological polar surface area (TPSA) is 59.6 Å². The first-order chi connectivity index (χ1) is 11.4. The first kappa shape index (κ1) is 17.1. The molecule has 3 rings (SSSR count). The maximum Gasteiger partial charge on any atom is 0.189 e. The second-order valence-corrected chi connectivity index (χ2v) is 6.93. The molecule has 0 radical (unpaired) electrons. The zero-order valence-corrected chi connectivity index (χ0v) is 14.1. The Kier molecular flexibility index (Phi) is 4.99. The lowest BCUT2D eigenvalue weighted by Crippen LogP contribution is -2.46. The number of hydrogen-bond acceptors (Lipinski definition) is 4. The van der Waals surface area contributed by atoms with Crippen molar-refractivity contribution in [1.82, 2.24) is 14.8 Å². The fourth-order valence-electron chi connectivity index (χ4n) is 3.49. The maximum absolute atomic E-state index is 13.9. The van der Waals surface area contributed by atoms with E-state index in [0.717, 1.165) is 19.5 Å². The Morgan fingerprint density at radius 3 is 2.92 bits per heavy atom. The number of aromatic nitrogens is 1. The van der Waals surface area contributed by atoms with Gasteiger partial charge < -0.3 is 15.0 Å². The third-order valence-corrected chi connectivity index (χ3v) is 4.67. The second-order valence-electron chi connectivity index (χ2n) is 6.93. The summed E-state index contributed by atoms with van der Waals surface area (Å²) in [4.78, 5) is 19.4. The lowest BCUT2D eigenvalue weighted by atomic mass is 9.93. The van der Waals surface area contributed by atoms with Crippen molar-refractivity contribution < 1.29 is 9.50 Å². The molecule has 1 aliphatic heterocycles. The fraction of sp³-hybridized carbons (Fsp3) is 0.500. The SMILES string of the molecule is CN(C)C[C@@H]1CCN(Cc2cc(=O)c3cccc(F)c3[nH]2)C[C@H]1O. The van der Waals surface area contributed by atoms with Crippen molar-refractivity contribution in [2.45, 2.75) is 19.1 Å². The molecule has 1 aromatic carbocycles. The Hall–Kier alpha value is -1.76. The van der Waals surface area contributed by atoms with Crippen LogP contribution in [0.3, 0.4) is 0 Å². The molecule has 130 valence electrons. The third kappa shape index (κ3) is 3.66. The minimum Gasteiger partial charge on any atom is -0.391 e. The molecule has 2 heterocycles. The highest BCUT2D eigenvalue weighted by molar-refractivity contribution is 5.78. The third-order valence-electron chi connectivity index (χ3n) is 4.67. The summed E-state index contributed by atoms with van der Waals surface area (Å²) in [5.74, 6) is -0.152. The number of hydrogen-bond donors (Lipinski definition) is 2. The van der Waals surface area contributed by atoms with E-state index >= 15 is 0 Å². The zero-order valence-electron chi connectivity index (χ0n) is 14.1. The molecule has 1 fully saturated rings. The van der Waals surface area contributed by atoms with Crippen LogP contribution in [0.4, 0.5) is 4.39 Å². The average Bonchev–Trinajstić information content (AvgIpc) is 2.51. The van der Waals surface area contributed by atoms with E-state index in [0.29, 0.717) is 24.2 Å². The molecule has 2 N–H and O–H groups in total. The van der Waals surface area contributed by atoms with Crippen LogP contribution in [0.1, 0.15) is 12.1 Å². The van der Waals surface area contributed by atoms with E-state index in [2.05, 4.69) is 14.8 Å². The summed E-state index contributed by atoms with van der Waals surface area (Å²) >= 11 is 0. The van der Waals surface area contributed by atoms with E-state index in [1.165, 1.54) is 12.1 Å². The Balaban J connectivity index is 1.74. The number of aliphatic hydroxyl groups is 1. The van der Waals surface area contributed by atoms with E-state index in [1.54, 1.807) is 12.1 Å². The van der Waals surface area contributed by atoms with Crippen LogP contribution in [0.5, 0.6) is 0 Å². The van der Waals surface area contributed by atoms with Crippen LogP contribution in [-0.4, -0.2) is 59.7 Å². The van der Waals surface area contributed by atoms with Gasteiger partial charge in [-0.25, -0.2) is 4.39 Å². The number of β-amino-alcohol motifs (C(OH)–C–C–N with tert-alkyl or cyclic N) is 1. The Labute approximate surface area is 140 Å². The van der Waals surface area contributed by atoms with Crippen molar-refractivity contribution in [3.05, 3.63) is 46.0 Å². The Morgan fingerprint density at radius 2 is 2.21 bits per heavy atom. The van der Waals surface area contributed by atoms with E-state index < -0.39 is 5.82 Å². The highest BCUT2D eigenvalue weighted by Gasteiger charge is 2.28. The van der Waals surface area contributed by atoms with Crippen LogP contribution in [0.15, 0.2) is 29.1 Å². The number of H-pyrrole nitrogens is 1. The summed E-state index contributed by atoms with van der Waals surface area (Å²) in [6.45, 7) is 2.79. The summed E-state index contributed by atoms with van der Waals surface area (Å²) < 4.78 is 13.9. The first-order valence-corrected chi connectivity index (χ1v) is 8.29. The number of benzene rings is 1. The molecule has 0 saturated carbocycles.